The van der Waals surface area contributed by atoms with Crippen molar-refractivity contribution in [1.82, 2.24) is 5.43 Å². The summed E-state index contributed by atoms with van der Waals surface area (Å²) < 4.78 is 0. The maximum Gasteiger partial charge on any atom is 0.271 e. The van der Waals surface area contributed by atoms with Gasteiger partial charge in [0.15, 0.2) is 5.78 Å². The monoisotopic (exact) mass is 413 g/mol. The van der Waals surface area contributed by atoms with Gasteiger partial charge in [-0.05, 0) is 29.8 Å². The number of rotatable bonds is 8. The molecule has 2 N–H and O–H groups in total. The molecule has 0 bridgehead atoms. The summed E-state index contributed by atoms with van der Waals surface area (Å²) in [4.78, 5) is 36.7. The number of amides is 2. The van der Waals surface area contributed by atoms with Crippen molar-refractivity contribution in [2.24, 2.45) is 5.10 Å². The molecule has 156 valence electrons. The van der Waals surface area contributed by atoms with E-state index < -0.39 is 5.91 Å². The predicted molar refractivity (Wildman–Crippen MR) is 121 cm³/mol. The maximum atomic E-state index is 12.7. The Hall–Kier alpha value is -4.06. The second kappa shape index (κ2) is 10.6. The first-order valence-electron chi connectivity index (χ1n) is 9.97. The Balaban J connectivity index is 1.75. The van der Waals surface area contributed by atoms with Crippen LogP contribution in [-0.2, 0) is 4.79 Å². The summed E-state index contributed by atoms with van der Waals surface area (Å²) in [5.74, 6) is -0.597. The van der Waals surface area contributed by atoms with Gasteiger partial charge in [0.1, 0.15) is 0 Å². The van der Waals surface area contributed by atoms with Gasteiger partial charge in [-0.25, -0.2) is 5.43 Å². The topological polar surface area (TPSA) is 87.6 Å². The van der Waals surface area contributed by atoms with Gasteiger partial charge in [0.05, 0.1) is 12.1 Å². The molecule has 31 heavy (non-hydrogen) atoms. The lowest BCUT2D eigenvalue weighted by molar-refractivity contribution is -0.115. The van der Waals surface area contributed by atoms with Crippen LogP contribution >= 0.6 is 0 Å². The molecule has 0 spiro atoms. The van der Waals surface area contributed by atoms with Crippen molar-refractivity contribution in [3.05, 3.63) is 102 Å². The van der Waals surface area contributed by atoms with E-state index >= 15 is 0 Å². The van der Waals surface area contributed by atoms with Crippen LogP contribution in [0.4, 0.5) is 5.69 Å². The third kappa shape index (κ3) is 6.21. The van der Waals surface area contributed by atoms with E-state index in [9.17, 15) is 14.4 Å². The zero-order valence-electron chi connectivity index (χ0n) is 17.2. The summed E-state index contributed by atoms with van der Waals surface area (Å²) in [5.41, 5.74) is 5.35. The number of hydrazone groups is 1. The minimum absolute atomic E-state index is 0.0519. The van der Waals surface area contributed by atoms with Crippen molar-refractivity contribution < 1.29 is 14.4 Å². The van der Waals surface area contributed by atoms with Crippen LogP contribution < -0.4 is 10.7 Å². The van der Waals surface area contributed by atoms with E-state index in [-0.39, 0.29) is 18.1 Å². The first-order valence-corrected chi connectivity index (χ1v) is 9.97. The van der Waals surface area contributed by atoms with Gasteiger partial charge in [0.25, 0.3) is 5.91 Å². The Bertz CT molecular complexity index is 1080. The van der Waals surface area contributed by atoms with E-state index in [1.807, 2.05) is 36.4 Å². The zero-order chi connectivity index (χ0) is 22.1. The molecule has 3 rings (SSSR count). The molecule has 0 heterocycles. The highest BCUT2D eigenvalue weighted by Crippen LogP contribution is 2.12. The average Bonchev–Trinajstić information content (AvgIpc) is 2.82. The van der Waals surface area contributed by atoms with Crippen molar-refractivity contribution in [2.75, 3.05) is 5.32 Å². The highest BCUT2D eigenvalue weighted by atomic mass is 16.2. The highest BCUT2D eigenvalue weighted by Gasteiger charge is 2.13. The molecule has 3 aromatic carbocycles. The van der Waals surface area contributed by atoms with Crippen molar-refractivity contribution in [3.8, 4) is 0 Å². The van der Waals surface area contributed by atoms with E-state index in [2.05, 4.69) is 15.8 Å². The van der Waals surface area contributed by atoms with Crippen LogP contribution in [-0.4, -0.2) is 23.3 Å². The number of ketones is 1. The number of nitrogens with zero attached hydrogens (tertiary/aromatic N) is 1. The normalized spacial score (nSPS) is 10.9. The van der Waals surface area contributed by atoms with Crippen LogP contribution in [0.15, 0.2) is 90.0 Å². The molecular formula is C25H23N3O3. The largest absolute Gasteiger partial charge is 0.326 e. The van der Waals surface area contributed by atoms with Crippen molar-refractivity contribution >= 4 is 29.0 Å². The number of hydrogen-bond donors (Lipinski definition) is 2. The van der Waals surface area contributed by atoms with Crippen LogP contribution in [0.25, 0.3) is 0 Å². The standard InChI is InChI=1S/C25H23N3O3/c1-2-24(30)26-21-15-13-20(14-16-21)25(31)28-27-22(18-9-5-3-6-10-18)17-23(29)19-11-7-4-8-12-19/h3-16H,2,17H2,1H3,(H,26,30)(H,28,31)/b27-22-. The van der Waals surface area contributed by atoms with Crippen LogP contribution in [0.1, 0.15) is 46.0 Å². The van der Waals surface area contributed by atoms with Gasteiger partial charge in [0.2, 0.25) is 5.91 Å². The average molecular weight is 413 g/mol. The van der Waals surface area contributed by atoms with Crippen molar-refractivity contribution in [1.29, 1.82) is 0 Å². The lowest BCUT2D eigenvalue weighted by Crippen LogP contribution is -2.21. The fraction of sp³-hybridized carbons (Fsp3) is 0.120. The number of benzene rings is 3. The Morgan fingerprint density at radius 3 is 1.90 bits per heavy atom. The smallest absolute Gasteiger partial charge is 0.271 e. The summed E-state index contributed by atoms with van der Waals surface area (Å²) in [6, 6.07) is 24.7. The van der Waals surface area contributed by atoms with Gasteiger partial charge in [-0.2, -0.15) is 5.10 Å². The number of carbonyl (C=O) groups is 3. The number of carbonyl (C=O) groups excluding carboxylic acids is 3. The van der Waals surface area contributed by atoms with E-state index in [0.29, 0.717) is 28.9 Å². The third-order valence-electron chi connectivity index (χ3n) is 4.58. The Kier molecular flexibility index (Phi) is 7.43. The highest BCUT2D eigenvalue weighted by molar-refractivity contribution is 6.16. The minimum Gasteiger partial charge on any atom is -0.326 e. The van der Waals surface area contributed by atoms with Crippen molar-refractivity contribution in [2.45, 2.75) is 19.8 Å². The molecule has 0 saturated heterocycles. The summed E-state index contributed by atoms with van der Waals surface area (Å²) in [6.45, 7) is 1.77. The second-order valence-electron chi connectivity index (χ2n) is 6.81. The number of nitrogens with one attached hydrogen (secondary N) is 2. The maximum absolute atomic E-state index is 12.7. The number of Topliss-reactive ketones (excluding diaryl/α,β-unsaturated/α-hetero) is 1. The summed E-state index contributed by atoms with van der Waals surface area (Å²) >= 11 is 0. The third-order valence-corrected chi connectivity index (χ3v) is 4.58. The zero-order valence-corrected chi connectivity index (χ0v) is 17.2. The molecule has 0 aliphatic carbocycles. The lowest BCUT2D eigenvalue weighted by Gasteiger charge is -2.08. The van der Waals surface area contributed by atoms with Gasteiger partial charge in [-0.15, -0.1) is 0 Å². The van der Waals surface area contributed by atoms with E-state index in [1.165, 1.54) is 0 Å². The fourth-order valence-electron chi connectivity index (χ4n) is 2.85. The molecule has 2 amide bonds. The molecule has 0 aromatic heterocycles. The molecule has 0 fully saturated rings. The van der Waals surface area contributed by atoms with Gasteiger partial charge in [-0.1, -0.05) is 67.6 Å². The second-order valence-corrected chi connectivity index (χ2v) is 6.81. The van der Waals surface area contributed by atoms with Gasteiger partial charge >= 0.3 is 0 Å². The van der Waals surface area contributed by atoms with E-state index in [4.69, 9.17) is 0 Å². The Morgan fingerprint density at radius 2 is 1.32 bits per heavy atom. The predicted octanol–water partition coefficient (Wildman–Crippen LogP) is 4.44. The molecule has 6 heteroatoms. The first kappa shape index (κ1) is 21.6. The van der Waals surface area contributed by atoms with Crippen LogP contribution in [0.5, 0.6) is 0 Å². The molecule has 0 aliphatic rings. The van der Waals surface area contributed by atoms with E-state index in [0.717, 1.165) is 5.56 Å². The number of hydrogen-bond acceptors (Lipinski definition) is 4. The summed E-state index contributed by atoms with van der Waals surface area (Å²) in [7, 11) is 0. The summed E-state index contributed by atoms with van der Waals surface area (Å²) in [6.07, 6.45) is 0.428. The molecule has 3 aromatic rings. The van der Waals surface area contributed by atoms with Gasteiger partial charge in [-0.3, -0.25) is 14.4 Å². The molecule has 0 saturated carbocycles. The fourth-order valence-corrected chi connectivity index (χ4v) is 2.85. The quantitative estimate of drug-likeness (QED) is 0.325. The van der Waals surface area contributed by atoms with Crippen molar-refractivity contribution in [3.63, 3.8) is 0 Å². The Morgan fingerprint density at radius 1 is 0.742 bits per heavy atom. The molecule has 0 aliphatic heterocycles. The summed E-state index contributed by atoms with van der Waals surface area (Å²) in [5, 5.41) is 6.98. The van der Waals surface area contributed by atoms with Crippen LogP contribution in [0.2, 0.25) is 0 Å². The number of anilines is 1. The van der Waals surface area contributed by atoms with Crippen LogP contribution in [0, 0.1) is 0 Å². The van der Waals surface area contributed by atoms with Gasteiger partial charge < -0.3 is 5.32 Å². The van der Waals surface area contributed by atoms with Crippen LogP contribution in [0.3, 0.4) is 0 Å². The SMILES string of the molecule is CCC(=O)Nc1ccc(C(=O)N/N=C(/CC(=O)c2ccccc2)c2ccccc2)cc1. The molecule has 6 nitrogen and oxygen atoms in total. The van der Waals surface area contributed by atoms with Gasteiger partial charge in [0, 0.05) is 23.2 Å². The van der Waals surface area contributed by atoms with E-state index in [1.54, 1.807) is 55.5 Å². The lowest BCUT2D eigenvalue weighted by atomic mass is 10.0. The molecule has 0 atom stereocenters. The Labute approximate surface area is 181 Å². The first-order chi connectivity index (χ1) is 15.1. The minimum atomic E-state index is -0.408. The molecule has 0 unspecified atom stereocenters. The molecule has 0 radical (unpaired) electrons. The molecular weight excluding hydrogens is 390 g/mol.